The largest absolute Gasteiger partial charge is 0.368 e. The third kappa shape index (κ3) is 3.12. The molecule has 1 saturated heterocycles. The first kappa shape index (κ1) is 16.8. The molecular weight excluding hydrogens is 331 g/mol. The second-order valence-corrected chi connectivity index (χ2v) is 6.83. The fourth-order valence-electron chi connectivity index (χ4n) is 3.81. The summed E-state index contributed by atoms with van der Waals surface area (Å²) in [4.78, 5) is 14.2. The van der Waals surface area contributed by atoms with Gasteiger partial charge in [-0.25, -0.2) is 4.39 Å². The molecule has 0 saturated carbocycles. The van der Waals surface area contributed by atoms with Crippen molar-refractivity contribution in [2.75, 3.05) is 31.1 Å². The molecule has 4 rings (SSSR count). The Labute approximate surface area is 151 Å². The number of nitrogens with zero attached hydrogens (tertiary/aromatic N) is 2. The van der Waals surface area contributed by atoms with Crippen LogP contribution in [0.25, 0.3) is 10.9 Å². The number of anilines is 1. The summed E-state index contributed by atoms with van der Waals surface area (Å²) in [7, 11) is 0. The van der Waals surface area contributed by atoms with Gasteiger partial charge < -0.3 is 20.5 Å². The van der Waals surface area contributed by atoms with Gasteiger partial charge in [0.05, 0.1) is 5.52 Å². The van der Waals surface area contributed by atoms with E-state index in [2.05, 4.69) is 28.4 Å². The number of piperazine rings is 1. The standard InChI is InChI=1S/C20H23FN4O/c21-15-10-17(24-8-6-23-7-9-24)16-12-19(20(22)26)25(18(16)11-15)13-14-4-2-1-3-5-14/h2,4-5,10-12,23H,1,3,6-9,13H2,(H2,22,26). The Morgan fingerprint density at radius 2 is 2.00 bits per heavy atom. The van der Waals surface area contributed by atoms with Crippen LogP contribution < -0.4 is 16.0 Å². The summed E-state index contributed by atoms with van der Waals surface area (Å²) in [6.45, 7) is 3.86. The molecule has 1 aromatic heterocycles. The van der Waals surface area contributed by atoms with E-state index >= 15 is 0 Å². The normalized spacial score (nSPS) is 17.6. The van der Waals surface area contributed by atoms with Crippen molar-refractivity contribution >= 4 is 22.5 Å². The Kier molecular flexibility index (Phi) is 4.51. The first-order valence-electron chi connectivity index (χ1n) is 9.07. The Hall–Kier alpha value is -2.60. The number of primary amides is 1. The van der Waals surface area contributed by atoms with Gasteiger partial charge in [0.25, 0.3) is 5.91 Å². The number of nitrogens with two attached hydrogens (primary N) is 1. The molecule has 0 atom stereocenters. The second-order valence-electron chi connectivity index (χ2n) is 6.83. The summed E-state index contributed by atoms with van der Waals surface area (Å²) in [5.74, 6) is -0.789. The molecule has 26 heavy (non-hydrogen) atoms. The van der Waals surface area contributed by atoms with Gasteiger partial charge in [0.2, 0.25) is 0 Å². The summed E-state index contributed by atoms with van der Waals surface area (Å²) in [6, 6.07) is 4.87. The van der Waals surface area contributed by atoms with Crippen molar-refractivity contribution in [1.29, 1.82) is 0 Å². The smallest absolute Gasteiger partial charge is 0.265 e. The summed E-state index contributed by atoms with van der Waals surface area (Å²) >= 11 is 0. The highest BCUT2D eigenvalue weighted by Gasteiger charge is 2.21. The van der Waals surface area contributed by atoms with Gasteiger partial charge in [0, 0.05) is 43.8 Å². The van der Waals surface area contributed by atoms with Crippen molar-refractivity contribution in [3.8, 4) is 0 Å². The Morgan fingerprint density at radius 1 is 1.19 bits per heavy atom. The van der Waals surface area contributed by atoms with E-state index in [0.29, 0.717) is 17.8 Å². The van der Waals surface area contributed by atoms with Crippen LogP contribution in [0.4, 0.5) is 10.1 Å². The molecule has 136 valence electrons. The van der Waals surface area contributed by atoms with Crippen LogP contribution in [-0.2, 0) is 6.54 Å². The average molecular weight is 354 g/mol. The predicted octanol–water partition coefficient (Wildman–Crippen LogP) is 2.57. The maximum atomic E-state index is 14.4. The van der Waals surface area contributed by atoms with Gasteiger partial charge in [0.15, 0.2) is 0 Å². The highest BCUT2D eigenvalue weighted by molar-refractivity contribution is 6.02. The zero-order valence-corrected chi connectivity index (χ0v) is 14.7. The molecule has 2 aliphatic rings. The zero-order valence-electron chi connectivity index (χ0n) is 14.7. The molecule has 0 spiro atoms. The number of benzene rings is 1. The van der Waals surface area contributed by atoms with Crippen molar-refractivity contribution in [2.45, 2.75) is 19.4 Å². The van der Waals surface area contributed by atoms with Gasteiger partial charge >= 0.3 is 0 Å². The van der Waals surface area contributed by atoms with Crippen LogP contribution in [0, 0.1) is 5.82 Å². The maximum absolute atomic E-state index is 14.4. The molecule has 1 amide bonds. The summed E-state index contributed by atoms with van der Waals surface area (Å²) in [5, 5.41) is 4.18. The highest BCUT2D eigenvalue weighted by Crippen LogP contribution is 2.32. The molecule has 2 heterocycles. The number of carbonyl (C=O) groups excluding carboxylic acids is 1. The lowest BCUT2D eigenvalue weighted by Crippen LogP contribution is -2.43. The lowest BCUT2D eigenvalue weighted by Gasteiger charge is -2.30. The van der Waals surface area contributed by atoms with Crippen LogP contribution in [0.5, 0.6) is 0 Å². The van der Waals surface area contributed by atoms with Crippen molar-refractivity contribution in [2.24, 2.45) is 5.73 Å². The first-order valence-corrected chi connectivity index (χ1v) is 9.07. The number of amides is 1. The predicted molar refractivity (Wildman–Crippen MR) is 102 cm³/mol. The number of allylic oxidation sites excluding steroid dienone is 4. The minimum Gasteiger partial charge on any atom is -0.368 e. The number of hydrogen-bond acceptors (Lipinski definition) is 3. The maximum Gasteiger partial charge on any atom is 0.265 e. The molecule has 1 fully saturated rings. The van der Waals surface area contributed by atoms with Gasteiger partial charge in [-0.05, 0) is 36.6 Å². The Morgan fingerprint density at radius 3 is 2.69 bits per heavy atom. The molecule has 3 N–H and O–H groups in total. The van der Waals surface area contributed by atoms with Crippen molar-refractivity contribution in [1.82, 2.24) is 9.88 Å². The minimum absolute atomic E-state index is 0.297. The topological polar surface area (TPSA) is 63.3 Å². The fraction of sp³-hybridized carbons (Fsp3) is 0.350. The van der Waals surface area contributed by atoms with E-state index in [9.17, 15) is 9.18 Å². The Bertz CT molecular complexity index is 906. The third-order valence-electron chi connectivity index (χ3n) is 5.09. The van der Waals surface area contributed by atoms with Gasteiger partial charge in [-0.1, -0.05) is 18.2 Å². The zero-order chi connectivity index (χ0) is 18.1. The van der Waals surface area contributed by atoms with Crippen LogP contribution in [0.2, 0.25) is 0 Å². The molecule has 2 aromatic rings. The molecular formula is C20H23FN4O. The van der Waals surface area contributed by atoms with Gasteiger partial charge in [-0.2, -0.15) is 0 Å². The lowest BCUT2D eigenvalue weighted by molar-refractivity contribution is 0.0992. The average Bonchev–Trinajstić information content (AvgIpc) is 3.01. The number of aromatic nitrogens is 1. The Balaban J connectivity index is 1.85. The molecule has 6 heteroatoms. The van der Waals surface area contributed by atoms with Crippen LogP contribution in [0.3, 0.4) is 0 Å². The first-order chi connectivity index (χ1) is 12.6. The molecule has 0 unspecified atom stereocenters. The quantitative estimate of drug-likeness (QED) is 0.887. The highest BCUT2D eigenvalue weighted by atomic mass is 19.1. The number of rotatable bonds is 4. The summed E-state index contributed by atoms with van der Waals surface area (Å²) in [5.41, 5.74) is 8.71. The van der Waals surface area contributed by atoms with E-state index in [4.69, 9.17) is 5.73 Å². The van der Waals surface area contributed by atoms with Crippen molar-refractivity contribution in [3.63, 3.8) is 0 Å². The van der Waals surface area contributed by atoms with Crippen LogP contribution in [-0.4, -0.2) is 36.7 Å². The van der Waals surface area contributed by atoms with E-state index in [-0.39, 0.29) is 5.82 Å². The molecule has 0 radical (unpaired) electrons. The monoisotopic (exact) mass is 354 g/mol. The number of nitrogens with one attached hydrogen (secondary N) is 1. The van der Waals surface area contributed by atoms with E-state index in [0.717, 1.165) is 55.7 Å². The van der Waals surface area contributed by atoms with Gasteiger partial charge in [-0.3, -0.25) is 4.79 Å². The van der Waals surface area contributed by atoms with E-state index in [1.807, 2.05) is 10.6 Å². The molecule has 5 nitrogen and oxygen atoms in total. The van der Waals surface area contributed by atoms with Crippen LogP contribution in [0.1, 0.15) is 23.3 Å². The van der Waals surface area contributed by atoms with Gasteiger partial charge in [-0.15, -0.1) is 0 Å². The van der Waals surface area contributed by atoms with E-state index < -0.39 is 5.91 Å². The van der Waals surface area contributed by atoms with E-state index in [1.54, 1.807) is 6.07 Å². The molecule has 1 aliphatic carbocycles. The number of halogens is 1. The van der Waals surface area contributed by atoms with Crippen molar-refractivity contribution < 1.29 is 9.18 Å². The van der Waals surface area contributed by atoms with Gasteiger partial charge in [0.1, 0.15) is 11.5 Å². The van der Waals surface area contributed by atoms with E-state index in [1.165, 1.54) is 6.07 Å². The second kappa shape index (κ2) is 6.96. The van der Waals surface area contributed by atoms with Crippen molar-refractivity contribution in [3.05, 3.63) is 53.5 Å². The number of carbonyl (C=O) groups is 1. The summed E-state index contributed by atoms with van der Waals surface area (Å²) in [6.07, 6.45) is 8.36. The van der Waals surface area contributed by atoms with Crippen LogP contribution >= 0.6 is 0 Å². The fourth-order valence-corrected chi connectivity index (χ4v) is 3.81. The third-order valence-corrected chi connectivity index (χ3v) is 5.09. The number of hydrogen-bond donors (Lipinski definition) is 2. The molecule has 1 aromatic carbocycles. The lowest BCUT2D eigenvalue weighted by atomic mass is 10.1. The van der Waals surface area contributed by atoms with Crippen LogP contribution in [0.15, 0.2) is 42.0 Å². The number of fused-ring (bicyclic) bond motifs is 1. The SMILES string of the molecule is NC(=O)c1cc2c(N3CCNCC3)cc(F)cc2n1CC1=CCCC=C1. The summed E-state index contributed by atoms with van der Waals surface area (Å²) < 4.78 is 16.3. The molecule has 1 aliphatic heterocycles. The molecule has 0 bridgehead atoms. The minimum atomic E-state index is -0.492.